The Bertz CT molecular complexity index is 909. The van der Waals surface area contributed by atoms with Crippen molar-refractivity contribution in [2.24, 2.45) is 0 Å². The maximum atomic E-state index is 12.5. The summed E-state index contributed by atoms with van der Waals surface area (Å²) in [5.74, 6) is -2.23. The van der Waals surface area contributed by atoms with E-state index in [4.69, 9.17) is 11.6 Å². The first-order valence-corrected chi connectivity index (χ1v) is 7.71. The molecule has 0 atom stereocenters. The van der Waals surface area contributed by atoms with Crippen molar-refractivity contribution in [1.82, 2.24) is 0 Å². The number of carbonyl (C=O) groups excluding carboxylic acids is 3. The molecule has 2 rings (SSSR count). The quantitative estimate of drug-likeness (QED) is 0.470. The van der Waals surface area contributed by atoms with Crippen LogP contribution in [0.4, 0.5) is 11.4 Å². The van der Waals surface area contributed by atoms with Crippen molar-refractivity contribution in [3.63, 3.8) is 0 Å². The lowest BCUT2D eigenvalue weighted by Gasteiger charge is -2.10. The van der Waals surface area contributed by atoms with E-state index in [1.54, 1.807) is 0 Å². The van der Waals surface area contributed by atoms with E-state index in [1.807, 2.05) is 0 Å². The fourth-order valence-electron chi connectivity index (χ4n) is 2.17. The minimum atomic E-state index is -0.762. The number of anilines is 1. The number of ether oxygens (including phenoxy) is 2. The number of carbonyl (C=O) groups is 3. The fraction of sp³-hybridized carbons (Fsp3) is 0.118. The van der Waals surface area contributed by atoms with Gasteiger partial charge in [0, 0.05) is 17.8 Å². The number of methoxy groups -OCH3 is 2. The van der Waals surface area contributed by atoms with Crippen molar-refractivity contribution in [3.8, 4) is 0 Å². The third-order valence-corrected chi connectivity index (χ3v) is 3.77. The van der Waals surface area contributed by atoms with Crippen molar-refractivity contribution >= 4 is 40.8 Å². The second kappa shape index (κ2) is 8.28. The molecule has 0 saturated carbocycles. The van der Waals surface area contributed by atoms with Crippen molar-refractivity contribution in [2.75, 3.05) is 19.5 Å². The SMILES string of the molecule is COC(=O)c1cc(NC(=O)c2cc([N+](=O)[O-])ccc2Cl)cc(C(=O)OC)c1. The van der Waals surface area contributed by atoms with Crippen LogP contribution in [0.25, 0.3) is 0 Å². The summed E-state index contributed by atoms with van der Waals surface area (Å²) >= 11 is 5.94. The Hall–Kier alpha value is -3.46. The molecule has 1 amide bonds. The first-order chi connectivity index (χ1) is 12.8. The Morgan fingerprint density at radius 2 is 1.56 bits per heavy atom. The Morgan fingerprint density at radius 1 is 1.00 bits per heavy atom. The van der Waals surface area contributed by atoms with Gasteiger partial charge < -0.3 is 14.8 Å². The molecular formula is C17H13ClN2O7. The zero-order valence-electron chi connectivity index (χ0n) is 14.1. The van der Waals surface area contributed by atoms with Crippen LogP contribution in [0.1, 0.15) is 31.1 Å². The Kier molecular flexibility index (Phi) is 6.09. The molecule has 0 radical (unpaired) electrons. The van der Waals surface area contributed by atoms with Crippen LogP contribution in [0.3, 0.4) is 0 Å². The van der Waals surface area contributed by atoms with Crippen LogP contribution in [0.2, 0.25) is 5.02 Å². The highest BCUT2D eigenvalue weighted by atomic mass is 35.5. The van der Waals surface area contributed by atoms with E-state index in [0.717, 1.165) is 26.4 Å². The van der Waals surface area contributed by atoms with E-state index in [0.29, 0.717) is 0 Å². The lowest BCUT2D eigenvalue weighted by atomic mass is 10.1. The second-order valence-corrected chi connectivity index (χ2v) is 5.56. The molecule has 0 aliphatic carbocycles. The molecule has 0 bridgehead atoms. The van der Waals surface area contributed by atoms with E-state index >= 15 is 0 Å². The predicted octanol–water partition coefficient (Wildman–Crippen LogP) is 3.07. The number of nitrogens with one attached hydrogen (secondary N) is 1. The summed E-state index contributed by atoms with van der Waals surface area (Å²) in [7, 11) is 2.32. The smallest absolute Gasteiger partial charge is 0.337 e. The molecule has 2 aromatic rings. The predicted molar refractivity (Wildman–Crippen MR) is 95.2 cm³/mol. The third-order valence-electron chi connectivity index (χ3n) is 3.44. The lowest BCUT2D eigenvalue weighted by molar-refractivity contribution is -0.384. The van der Waals surface area contributed by atoms with Crippen molar-refractivity contribution in [3.05, 3.63) is 68.2 Å². The monoisotopic (exact) mass is 392 g/mol. The molecule has 0 aliphatic rings. The van der Waals surface area contributed by atoms with E-state index in [9.17, 15) is 24.5 Å². The number of hydrogen-bond acceptors (Lipinski definition) is 7. The minimum Gasteiger partial charge on any atom is -0.465 e. The number of esters is 2. The zero-order chi connectivity index (χ0) is 20.1. The number of halogens is 1. The number of nitrogens with zero attached hydrogens (tertiary/aromatic N) is 1. The maximum Gasteiger partial charge on any atom is 0.337 e. The average Bonchev–Trinajstić information content (AvgIpc) is 2.66. The summed E-state index contributed by atoms with van der Waals surface area (Å²) in [5, 5.41) is 13.3. The topological polar surface area (TPSA) is 125 Å². The van der Waals surface area contributed by atoms with Crippen LogP contribution in [0.5, 0.6) is 0 Å². The van der Waals surface area contributed by atoms with Gasteiger partial charge in [-0.05, 0) is 24.3 Å². The van der Waals surface area contributed by atoms with Crippen LogP contribution in [-0.2, 0) is 9.47 Å². The van der Waals surface area contributed by atoms with Crippen molar-refractivity contribution < 1.29 is 28.8 Å². The molecular weight excluding hydrogens is 380 g/mol. The van der Waals surface area contributed by atoms with Gasteiger partial charge in [-0.25, -0.2) is 9.59 Å². The lowest BCUT2D eigenvalue weighted by Crippen LogP contribution is -2.15. The molecule has 2 aromatic carbocycles. The fourth-order valence-corrected chi connectivity index (χ4v) is 2.37. The first-order valence-electron chi connectivity index (χ1n) is 7.33. The van der Waals surface area contributed by atoms with Crippen molar-refractivity contribution in [2.45, 2.75) is 0 Å². The Balaban J connectivity index is 2.42. The molecule has 0 heterocycles. The number of non-ortho nitro benzene ring substituents is 1. The van der Waals surface area contributed by atoms with Gasteiger partial charge >= 0.3 is 11.9 Å². The summed E-state index contributed by atoms with van der Waals surface area (Å²) in [6, 6.07) is 7.20. The highest BCUT2D eigenvalue weighted by molar-refractivity contribution is 6.34. The van der Waals surface area contributed by atoms with Gasteiger partial charge in [-0.3, -0.25) is 14.9 Å². The van der Waals surface area contributed by atoms with Crippen molar-refractivity contribution in [1.29, 1.82) is 0 Å². The molecule has 140 valence electrons. The van der Waals surface area contributed by atoms with E-state index < -0.39 is 22.8 Å². The average molecular weight is 393 g/mol. The number of amides is 1. The van der Waals surface area contributed by atoms with Crippen LogP contribution >= 0.6 is 11.6 Å². The summed E-state index contributed by atoms with van der Waals surface area (Å²) in [4.78, 5) is 46.2. The molecule has 10 heteroatoms. The summed E-state index contributed by atoms with van der Waals surface area (Å²) in [5.41, 5.74) is -0.385. The highest BCUT2D eigenvalue weighted by Gasteiger charge is 2.18. The minimum absolute atomic E-state index is 0.000777. The second-order valence-electron chi connectivity index (χ2n) is 5.16. The summed E-state index contributed by atoms with van der Waals surface area (Å²) in [6.45, 7) is 0. The van der Waals surface area contributed by atoms with E-state index in [2.05, 4.69) is 14.8 Å². The van der Waals surface area contributed by atoms with Gasteiger partial charge in [0.05, 0.1) is 40.9 Å². The molecule has 0 saturated heterocycles. The normalized spacial score (nSPS) is 10.0. The molecule has 0 fully saturated rings. The molecule has 27 heavy (non-hydrogen) atoms. The molecule has 0 spiro atoms. The number of nitro benzene ring substituents is 1. The largest absolute Gasteiger partial charge is 0.465 e. The van der Waals surface area contributed by atoms with Gasteiger partial charge in [-0.15, -0.1) is 0 Å². The number of hydrogen-bond donors (Lipinski definition) is 1. The van der Waals surface area contributed by atoms with Gasteiger partial charge in [-0.1, -0.05) is 11.6 Å². The van der Waals surface area contributed by atoms with Crippen LogP contribution < -0.4 is 5.32 Å². The maximum absolute atomic E-state index is 12.5. The standard InChI is InChI=1S/C17H13ClN2O7/c1-26-16(22)9-5-10(17(23)27-2)7-11(6-9)19-15(21)13-8-12(20(24)25)3-4-14(13)18/h3-8H,1-2H3,(H,19,21). The van der Waals surface area contributed by atoms with E-state index in [1.165, 1.54) is 24.3 Å². The van der Waals surface area contributed by atoms with Crippen LogP contribution in [0, 0.1) is 10.1 Å². The molecule has 0 aromatic heterocycles. The summed E-state index contributed by atoms with van der Waals surface area (Å²) < 4.78 is 9.22. The van der Waals surface area contributed by atoms with Gasteiger partial charge in [0.2, 0.25) is 0 Å². The Labute approximate surface area is 158 Å². The first kappa shape index (κ1) is 19.9. The van der Waals surface area contributed by atoms with Gasteiger partial charge in [0.1, 0.15) is 0 Å². The van der Waals surface area contributed by atoms with Gasteiger partial charge in [0.15, 0.2) is 0 Å². The molecule has 9 nitrogen and oxygen atoms in total. The van der Waals surface area contributed by atoms with Crippen LogP contribution in [-0.4, -0.2) is 37.0 Å². The molecule has 0 aliphatic heterocycles. The molecule has 1 N–H and O–H groups in total. The van der Waals surface area contributed by atoms with E-state index in [-0.39, 0.29) is 33.1 Å². The summed E-state index contributed by atoms with van der Waals surface area (Å²) in [6.07, 6.45) is 0. The number of rotatable bonds is 5. The zero-order valence-corrected chi connectivity index (χ0v) is 14.9. The number of nitro groups is 1. The third kappa shape index (κ3) is 4.59. The highest BCUT2D eigenvalue weighted by Crippen LogP contribution is 2.24. The molecule has 0 unspecified atom stereocenters. The number of benzene rings is 2. The van der Waals surface area contributed by atoms with Gasteiger partial charge in [0.25, 0.3) is 11.6 Å². The Morgan fingerprint density at radius 3 is 2.04 bits per heavy atom. The van der Waals surface area contributed by atoms with Gasteiger partial charge in [-0.2, -0.15) is 0 Å². The van der Waals surface area contributed by atoms with Crippen LogP contribution in [0.15, 0.2) is 36.4 Å².